The molecule has 0 aliphatic heterocycles. The van der Waals surface area contributed by atoms with E-state index in [4.69, 9.17) is 5.11 Å². The van der Waals surface area contributed by atoms with E-state index in [-0.39, 0.29) is 24.3 Å². The summed E-state index contributed by atoms with van der Waals surface area (Å²) in [5.41, 5.74) is 0.110. The number of aliphatic hydroxyl groups excluding tert-OH is 1. The summed E-state index contributed by atoms with van der Waals surface area (Å²) in [5, 5.41) is 14.1. The lowest BCUT2D eigenvalue weighted by atomic mass is 10.0. The average Bonchev–Trinajstić information content (AvgIpc) is 2.33. The molecule has 0 spiro atoms. The summed E-state index contributed by atoms with van der Waals surface area (Å²) in [6, 6.07) is 3.68. The molecule has 19 heavy (non-hydrogen) atoms. The highest BCUT2D eigenvalue weighted by Gasteiger charge is 2.16. The largest absolute Gasteiger partial charge is 0.396 e. The molecule has 0 heterocycles. The number of hydrogen-bond donors (Lipinski definition) is 3. The molecule has 1 atom stereocenters. The quantitative estimate of drug-likeness (QED) is 0.775. The summed E-state index contributed by atoms with van der Waals surface area (Å²) in [6.07, 6.45) is 0.464. The van der Waals surface area contributed by atoms with Crippen LogP contribution in [0.25, 0.3) is 0 Å². The molecule has 0 saturated heterocycles. The second-order valence-corrected chi connectivity index (χ2v) is 5.50. The van der Waals surface area contributed by atoms with Crippen molar-refractivity contribution in [3.05, 3.63) is 28.5 Å². The lowest BCUT2D eigenvalue weighted by molar-refractivity contribution is 0.227. The van der Waals surface area contributed by atoms with Gasteiger partial charge in [-0.05, 0) is 30.5 Å². The first-order chi connectivity index (χ1) is 8.93. The van der Waals surface area contributed by atoms with Crippen molar-refractivity contribution in [2.75, 3.05) is 11.9 Å². The topological polar surface area (TPSA) is 61.4 Å². The molecule has 0 aliphatic carbocycles. The van der Waals surface area contributed by atoms with E-state index in [9.17, 15) is 9.18 Å². The number of benzene rings is 1. The van der Waals surface area contributed by atoms with Gasteiger partial charge >= 0.3 is 6.03 Å². The van der Waals surface area contributed by atoms with Crippen LogP contribution < -0.4 is 10.6 Å². The molecule has 0 saturated carbocycles. The van der Waals surface area contributed by atoms with Crippen LogP contribution in [0.15, 0.2) is 22.7 Å². The monoisotopic (exact) mass is 332 g/mol. The van der Waals surface area contributed by atoms with Crippen LogP contribution in [0.1, 0.15) is 20.3 Å². The fourth-order valence-electron chi connectivity index (χ4n) is 1.63. The fourth-order valence-corrected chi connectivity index (χ4v) is 1.99. The van der Waals surface area contributed by atoms with Crippen LogP contribution in [0.2, 0.25) is 0 Å². The summed E-state index contributed by atoms with van der Waals surface area (Å²) in [7, 11) is 0. The first-order valence-corrected chi connectivity index (χ1v) is 6.86. The molecule has 4 nitrogen and oxygen atoms in total. The van der Waals surface area contributed by atoms with Gasteiger partial charge in [0.15, 0.2) is 0 Å². The Hall–Kier alpha value is -1.14. The van der Waals surface area contributed by atoms with E-state index in [0.29, 0.717) is 10.9 Å². The van der Waals surface area contributed by atoms with Crippen LogP contribution in [0, 0.1) is 11.7 Å². The van der Waals surface area contributed by atoms with E-state index < -0.39 is 11.8 Å². The molecule has 3 N–H and O–H groups in total. The molecule has 0 fully saturated rings. The third-order valence-corrected chi connectivity index (χ3v) is 3.23. The zero-order chi connectivity index (χ0) is 14.4. The van der Waals surface area contributed by atoms with Gasteiger partial charge in [-0.25, -0.2) is 9.18 Å². The van der Waals surface area contributed by atoms with E-state index in [2.05, 4.69) is 26.6 Å². The van der Waals surface area contributed by atoms with Gasteiger partial charge in [0.25, 0.3) is 0 Å². The summed E-state index contributed by atoms with van der Waals surface area (Å²) < 4.78 is 14.2. The number of nitrogens with one attached hydrogen (secondary N) is 2. The van der Waals surface area contributed by atoms with Crippen LogP contribution >= 0.6 is 15.9 Å². The van der Waals surface area contributed by atoms with Gasteiger partial charge in [-0.1, -0.05) is 29.8 Å². The summed E-state index contributed by atoms with van der Waals surface area (Å²) >= 11 is 3.21. The van der Waals surface area contributed by atoms with E-state index in [1.807, 2.05) is 13.8 Å². The van der Waals surface area contributed by atoms with Crippen molar-refractivity contribution in [1.29, 1.82) is 0 Å². The standard InChI is InChI=1S/C13H18BrFN2O2/c1-8(2)11(5-6-18)16-13(19)17-12-7-9(14)3-4-10(12)15/h3-4,7-8,11,18H,5-6H2,1-2H3,(H2,16,17,19). The highest BCUT2D eigenvalue weighted by atomic mass is 79.9. The third kappa shape index (κ3) is 5.16. The molecule has 1 unspecified atom stereocenters. The summed E-state index contributed by atoms with van der Waals surface area (Å²) in [6.45, 7) is 3.88. The lowest BCUT2D eigenvalue weighted by Gasteiger charge is -2.21. The number of carbonyl (C=O) groups excluding carboxylic acids is 1. The molecule has 0 bridgehead atoms. The molecule has 1 rings (SSSR count). The van der Waals surface area contributed by atoms with Crippen LogP contribution in [0.4, 0.5) is 14.9 Å². The Morgan fingerprint density at radius 1 is 1.47 bits per heavy atom. The maximum Gasteiger partial charge on any atom is 0.319 e. The minimum Gasteiger partial charge on any atom is -0.396 e. The van der Waals surface area contributed by atoms with Crippen LogP contribution in [0.3, 0.4) is 0 Å². The van der Waals surface area contributed by atoms with Crippen molar-refractivity contribution in [1.82, 2.24) is 5.32 Å². The molecular formula is C13H18BrFN2O2. The van der Waals surface area contributed by atoms with Crippen molar-refractivity contribution < 1.29 is 14.3 Å². The average molecular weight is 333 g/mol. The zero-order valence-electron chi connectivity index (χ0n) is 10.9. The van der Waals surface area contributed by atoms with Crippen LogP contribution in [0.5, 0.6) is 0 Å². The fraction of sp³-hybridized carbons (Fsp3) is 0.462. The van der Waals surface area contributed by atoms with Crippen molar-refractivity contribution in [2.45, 2.75) is 26.3 Å². The Balaban J connectivity index is 2.66. The molecule has 1 aromatic carbocycles. The van der Waals surface area contributed by atoms with Gasteiger partial charge in [-0.3, -0.25) is 0 Å². The number of urea groups is 1. The first-order valence-electron chi connectivity index (χ1n) is 6.07. The van der Waals surface area contributed by atoms with E-state index >= 15 is 0 Å². The zero-order valence-corrected chi connectivity index (χ0v) is 12.5. The van der Waals surface area contributed by atoms with Gasteiger partial charge in [0.2, 0.25) is 0 Å². The summed E-state index contributed by atoms with van der Waals surface area (Å²) in [4.78, 5) is 11.8. The van der Waals surface area contributed by atoms with Gasteiger partial charge in [0.1, 0.15) is 5.82 Å². The summed E-state index contributed by atoms with van der Waals surface area (Å²) in [5.74, 6) is -0.313. The van der Waals surface area contributed by atoms with E-state index in [1.54, 1.807) is 6.07 Å². The maximum atomic E-state index is 13.5. The smallest absolute Gasteiger partial charge is 0.319 e. The predicted molar refractivity (Wildman–Crippen MR) is 76.6 cm³/mol. The Labute approximate surface area is 120 Å². The number of anilines is 1. The molecule has 2 amide bonds. The molecule has 1 aromatic rings. The van der Waals surface area contributed by atoms with Crippen molar-refractivity contribution in [2.24, 2.45) is 5.92 Å². The Morgan fingerprint density at radius 3 is 2.74 bits per heavy atom. The van der Waals surface area contributed by atoms with E-state index in [1.165, 1.54) is 12.1 Å². The molecule has 0 aliphatic rings. The number of hydrogen-bond acceptors (Lipinski definition) is 2. The van der Waals surface area contributed by atoms with Gasteiger partial charge in [-0.15, -0.1) is 0 Å². The lowest BCUT2D eigenvalue weighted by Crippen LogP contribution is -2.41. The van der Waals surface area contributed by atoms with Gasteiger partial charge < -0.3 is 15.7 Å². The second-order valence-electron chi connectivity index (χ2n) is 4.59. The first kappa shape index (κ1) is 15.9. The Kier molecular flexibility index (Phi) is 6.24. The SMILES string of the molecule is CC(C)C(CCO)NC(=O)Nc1cc(Br)ccc1F. The van der Waals surface area contributed by atoms with Crippen molar-refractivity contribution in [3.63, 3.8) is 0 Å². The van der Waals surface area contributed by atoms with Crippen molar-refractivity contribution >= 4 is 27.6 Å². The number of amides is 2. The number of aliphatic hydroxyl groups is 1. The highest BCUT2D eigenvalue weighted by Crippen LogP contribution is 2.20. The van der Waals surface area contributed by atoms with E-state index in [0.717, 1.165) is 0 Å². The second kappa shape index (κ2) is 7.45. The number of halogens is 2. The Bertz CT molecular complexity index is 441. The molecule has 0 radical (unpaired) electrons. The molecule has 0 aromatic heterocycles. The maximum absolute atomic E-state index is 13.5. The van der Waals surface area contributed by atoms with Gasteiger partial charge in [0.05, 0.1) is 5.69 Å². The molecule has 6 heteroatoms. The normalized spacial score (nSPS) is 12.3. The van der Waals surface area contributed by atoms with Gasteiger partial charge in [0, 0.05) is 17.1 Å². The van der Waals surface area contributed by atoms with Crippen LogP contribution in [-0.2, 0) is 0 Å². The number of carbonyl (C=O) groups is 1. The Morgan fingerprint density at radius 2 is 2.16 bits per heavy atom. The van der Waals surface area contributed by atoms with Gasteiger partial charge in [-0.2, -0.15) is 0 Å². The number of rotatable bonds is 5. The minimum absolute atomic E-state index is 0.00558. The molecule has 106 valence electrons. The minimum atomic E-state index is -0.499. The third-order valence-electron chi connectivity index (χ3n) is 2.74. The van der Waals surface area contributed by atoms with Crippen molar-refractivity contribution in [3.8, 4) is 0 Å². The van der Waals surface area contributed by atoms with Crippen LogP contribution in [-0.4, -0.2) is 23.8 Å². The molecular weight excluding hydrogens is 315 g/mol. The predicted octanol–water partition coefficient (Wildman–Crippen LogP) is 3.12. The highest BCUT2D eigenvalue weighted by molar-refractivity contribution is 9.10.